The van der Waals surface area contributed by atoms with Gasteiger partial charge in [0.1, 0.15) is 5.75 Å². The standard InChI is InChI=1S/C23H29N5O4S/c1-15-7-11-27(12-8-15)22(30)16-9-13-28(14-10-16)23(31)21-26-25-20(33-21)19(29)24-17-3-5-18(32-2)6-4-17/h3-6,15-16H,7-14H2,1-2H3,(H,24,29). The Morgan fingerprint density at radius 1 is 0.939 bits per heavy atom. The van der Waals surface area contributed by atoms with Gasteiger partial charge in [-0.15, -0.1) is 10.2 Å². The van der Waals surface area contributed by atoms with Crippen molar-refractivity contribution in [3.05, 3.63) is 34.3 Å². The summed E-state index contributed by atoms with van der Waals surface area (Å²) in [5, 5.41) is 10.9. The van der Waals surface area contributed by atoms with Crippen molar-refractivity contribution in [2.75, 3.05) is 38.6 Å². The lowest BCUT2D eigenvalue weighted by molar-refractivity contribution is -0.138. The van der Waals surface area contributed by atoms with E-state index >= 15 is 0 Å². The van der Waals surface area contributed by atoms with Crippen LogP contribution in [0.4, 0.5) is 5.69 Å². The Morgan fingerprint density at radius 2 is 1.55 bits per heavy atom. The lowest BCUT2D eigenvalue weighted by Crippen LogP contribution is -2.46. The minimum atomic E-state index is -0.420. The molecule has 4 rings (SSSR count). The topological polar surface area (TPSA) is 105 Å². The molecule has 2 aliphatic rings. The molecule has 0 bridgehead atoms. The predicted octanol–water partition coefficient (Wildman–Crippen LogP) is 2.91. The minimum Gasteiger partial charge on any atom is -0.497 e. The molecule has 3 amide bonds. The summed E-state index contributed by atoms with van der Waals surface area (Å²) in [5.74, 6) is 0.909. The molecule has 33 heavy (non-hydrogen) atoms. The number of amides is 3. The molecular weight excluding hydrogens is 442 g/mol. The molecule has 1 N–H and O–H groups in total. The number of hydrogen-bond donors (Lipinski definition) is 1. The number of ether oxygens (including phenoxy) is 1. The van der Waals surface area contributed by atoms with E-state index in [2.05, 4.69) is 22.4 Å². The van der Waals surface area contributed by atoms with Crippen LogP contribution < -0.4 is 10.1 Å². The number of rotatable bonds is 5. The van der Waals surface area contributed by atoms with Crippen LogP contribution in [0.5, 0.6) is 5.75 Å². The third kappa shape index (κ3) is 5.50. The van der Waals surface area contributed by atoms with Gasteiger partial charge in [-0.25, -0.2) is 0 Å². The zero-order valence-electron chi connectivity index (χ0n) is 19.0. The summed E-state index contributed by atoms with van der Waals surface area (Å²) in [6.07, 6.45) is 3.43. The largest absolute Gasteiger partial charge is 0.497 e. The van der Waals surface area contributed by atoms with Crippen molar-refractivity contribution in [3.63, 3.8) is 0 Å². The number of piperidine rings is 2. The molecule has 0 spiro atoms. The second-order valence-electron chi connectivity index (χ2n) is 8.67. The molecule has 0 saturated carbocycles. The fraction of sp³-hybridized carbons (Fsp3) is 0.522. The van der Waals surface area contributed by atoms with Crippen molar-refractivity contribution >= 4 is 34.7 Å². The first kappa shape index (κ1) is 23.2. The number of nitrogens with one attached hydrogen (secondary N) is 1. The number of aromatic nitrogens is 2. The van der Waals surface area contributed by atoms with Gasteiger partial charge < -0.3 is 19.9 Å². The average molecular weight is 472 g/mol. The quantitative estimate of drug-likeness (QED) is 0.719. The van der Waals surface area contributed by atoms with Crippen LogP contribution >= 0.6 is 11.3 Å². The number of likely N-dealkylation sites (tertiary alicyclic amines) is 2. The second-order valence-corrected chi connectivity index (χ2v) is 9.65. The third-order valence-corrected chi connectivity index (χ3v) is 7.29. The molecule has 2 saturated heterocycles. The van der Waals surface area contributed by atoms with Crippen molar-refractivity contribution in [2.24, 2.45) is 11.8 Å². The predicted molar refractivity (Wildman–Crippen MR) is 124 cm³/mol. The van der Waals surface area contributed by atoms with E-state index in [4.69, 9.17) is 4.74 Å². The van der Waals surface area contributed by atoms with E-state index in [1.165, 1.54) is 0 Å². The highest BCUT2D eigenvalue weighted by molar-refractivity contribution is 7.15. The van der Waals surface area contributed by atoms with Gasteiger partial charge in [-0.3, -0.25) is 14.4 Å². The highest BCUT2D eigenvalue weighted by Crippen LogP contribution is 2.25. The number of carbonyl (C=O) groups excluding carboxylic acids is 3. The van der Waals surface area contributed by atoms with Gasteiger partial charge in [-0.1, -0.05) is 18.3 Å². The molecule has 0 aliphatic carbocycles. The van der Waals surface area contributed by atoms with Crippen LogP contribution in [0.3, 0.4) is 0 Å². The summed E-state index contributed by atoms with van der Waals surface area (Å²) in [6, 6.07) is 6.93. The van der Waals surface area contributed by atoms with Crippen molar-refractivity contribution in [2.45, 2.75) is 32.6 Å². The second kappa shape index (κ2) is 10.3. The van der Waals surface area contributed by atoms with Gasteiger partial charge in [0.25, 0.3) is 11.8 Å². The Morgan fingerprint density at radius 3 is 2.18 bits per heavy atom. The molecule has 0 atom stereocenters. The molecule has 1 aromatic carbocycles. The Hall–Kier alpha value is -3.01. The highest BCUT2D eigenvalue weighted by atomic mass is 32.1. The number of benzene rings is 1. The van der Waals surface area contributed by atoms with Crippen LogP contribution in [0, 0.1) is 11.8 Å². The molecular formula is C23H29N5O4S. The van der Waals surface area contributed by atoms with E-state index in [9.17, 15) is 14.4 Å². The number of anilines is 1. The van der Waals surface area contributed by atoms with Crippen molar-refractivity contribution in [1.29, 1.82) is 0 Å². The van der Waals surface area contributed by atoms with E-state index < -0.39 is 5.91 Å². The molecule has 3 heterocycles. The Balaban J connectivity index is 1.29. The molecule has 0 unspecified atom stereocenters. The molecule has 2 aliphatic heterocycles. The van der Waals surface area contributed by atoms with Crippen LogP contribution in [0.15, 0.2) is 24.3 Å². The Kier molecular flexibility index (Phi) is 7.22. The van der Waals surface area contributed by atoms with Crippen LogP contribution in [-0.4, -0.2) is 71.0 Å². The fourth-order valence-electron chi connectivity index (χ4n) is 4.21. The van der Waals surface area contributed by atoms with Gasteiger partial charge in [0.15, 0.2) is 0 Å². The lowest BCUT2D eigenvalue weighted by Gasteiger charge is -2.36. The molecule has 1 aromatic heterocycles. The fourth-order valence-corrected chi connectivity index (χ4v) is 4.92. The molecule has 10 heteroatoms. The summed E-state index contributed by atoms with van der Waals surface area (Å²) in [7, 11) is 1.57. The normalized spacial score (nSPS) is 17.6. The summed E-state index contributed by atoms with van der Waals surface area (Å²) in [4.78, 5) is 41.8. The van der Waals surface area contributed by atoms with Crippen LogP contribution in [0.2, 0.25) is 0 Å². The zero-order valence-corrected chi connectivity index (χ0v) is 19.8. The van der Waals surface area contributed by atoms with Crippen molar-refractivity contribution < 1.29 is 19.1 Å². The maximum Gasteiger partial charge on any atom is 0.286 e. The van der Waals surface area contributed by atoms with E-state index in [0.717, 1.165) is 37.3 Å². The van der Waals surface area contributed by atoms with Crippen LogP contribution in [0.25, 0.3) is 0 Å². The Labute approximate surface area is 197 Å². The molecule has 0 radical (unpaired) electrons. The first-order valence-electron chi connectivity index (χ1n) is 11.3. The molecule has 2 aromatic rings. The monoisotopic (exact) mass is 471 g/mol. The summed E-state index contributed by atoms with van der Waals surface area (Å²) in [5.41, 5.74) is 0.596. The first-order chi connectivity index (χ1) is 15.9. The summed E-state index contributed by atoms with van der Waals surface area (Å²) in [6.45, 7) is 4.92. The Bertz CT molecular complexity index is 993. The van der Waals surface area contributed by atoms with Gasteiger partial charge in [-0.05, 0) is 55.9 Å². The van der Waals surface area contributed by atoms with Gasteiger partial charge in [0.05, 0.1) is 7.11 Å². The van der Waals surface area contributed by atoms with Crippen LogP contribution in [0.1, 0.15) is 52.2 Å². The maximum atomic E-state index is 12.9. The van der Waals surface area contributed by atoms with E-state index in [-0.39, 0.29) is 27.7 Å². The van der Waals surface area contributed by atoms with Crippen LogP contribution in [-0.2, 0) is 4.79 Å². The van der Waals surface area contributed by atoms with Gasteiger partial charge >= 0.3 is 0 Å². The molecule has 2 fully saturated rings. The highest BCUT2D eigenvalue weighted by Gasteiger charge is 2.32. The van der Waals surface area contributed by atoms with Gasteiger partial charge in [0, 0.05) is 37.8 Å². The average Bonchev–Trinajstić information content (AvgIpc) is 3.35. The van der Waals surface area contributed by atoms with E-state index in [0.29, 0.717) is 43.3 Å². The van der Waals surface area contributed by atoms with Gasteiger partial charge in [0.2, 0.25) is 15.9 Å². The van der Waals surface area contributed by atoms with Crippen molar-refractivity contribution in [3.8, 4) is 5.75 Å². The molecule has 176 valence electrons. The van der Waals surface area contributed by atoms with E-state index in [1.54, 1.807) is 36.3 Å². The molecule has 9 nitrogen and oxygen atoms in total. The SMILES string of the molecule is COc1ccc(NC(=O)c2nnc(C(=O)N3CCC(C(=O)N4CCC(C)CC4)CC3)s2)cc1. The zero-order chi connectivity index (χ0) is 23.4. The maximum absolute atomic E-state index is 12.9. The van der Waals surface area contributed by atoms with E-state index in [1.807, 2.05) is 4.90 Å². The lowest BCUT2D eigenvalue weighted by atomic mass is 9.92. The minimum absolute atomic E-state index is 0.0253. The smallest absolute Gasteiger partial charge is 0.286 e. The number of nitrogens with zero attached hydrogens (tertiary/aromatic N) is 4. The van der Waals surface area contributed by atoms with Gasteiger partial charge in [-0.2, -0.15) is 0 Å². The third-order valence-electron chi connectivity index (χ3n) is 6.38. The number of hydrogen-bond acceptors (Lipinski definition) is 7. The first-order valence-corrected chi connectivity index (χ1v) is 12.1. The van der Waals surface area contributed by atoms with Crippen molar-refractivity contribution in [1.82, 2.24) is 20.0 Å². The number of methoxy groups -OCH3 is 1. The number of carbonyl (C=O) groups is 3. The summed E-state index contributed by atoms with van der Waals surface area (Å²) >= 11 is 0.974. The summed E-state index contributed by atoms with van der Waals surface area (Å²) < 4.78 is 5.10.